The van der Waals surface area contributed by atoms with Crippen LogP contribution in [0.2, 0.25) is 0 Å². The summed E-state index contributed by atoms with van der Waals surface area (Å²) < 4.78 is 0. The van der Waals surface area contributed by atoms with E-state index in [0.717, 1.165) is 54.8 Å². The first-order chi connectivity index (χ1) is 14.6. The Labute approximate surface area is 189 Å². The van der Waals surface area contributed by atoms with E-state index in [2.05, 4.69) is 40.7 Å². The highest BCUT2D eigenvalue weighted by molar-refractivity contribution is 5.25. The summed E-state index contributed by atoms with van der Waals surface area (Å²) in [6.07, 6.45) is 15.8. The molecule has 0 aromatic rings. The lowest BCUT2D eigenvalue weighted by Crippen LogP contribution is -2.51. The van der Waals surface area contributed by atoms with Gasteiger partial charge in [-0.05, 0) is 97.7 Å². The molecule has 0 heterocycles. The van der Waals surface area contributed by atoms with E-state index in [1.807, 2.05) is 0 Å². The zero-order valence-corrected chi connectivity index (χ0v) is 20.6. The van der Waals surface area contributed by atoms with Crippen LogP contribution in [0.25, 0.3) is 0 Å². The molecule has 8 unspecified atom stereocenters. The third-order valence-corrected chi connectivity index (χ3v) is 10.5. The van der Waals surface area contributed by atoms with E-state index in [9.17, 15) is 10.1 Å². The van der Waals surface area contributed by atoms with Crippen LogP contribution in [0.5, 0.6) is 0 Å². The number of nitrogens with zero attached hydrogens (tertiary/aromatic N) is 1. The Morgan fingerprint density at radius 2 is 1.87 bits per heavy atom. The zero-order chi connectivity index (χ0) is 22.4. The van der Waals surface area contributed by atoms with E-state index in [1.54, 1.807) is 0 Å². The predicted octanol–water partition coefficient (Wildman–Crippen LogP) is 7.60. The first-order valence-electron chi connectivity index (χ1n) is 13.2. The van der Waals surface area contributed by atoms with Crippen LogP contribution in [-0.4, -0.2) is 11.2 Å². The van der Waals surface area contributed by atoms with Crippen LogP contribution < -0.4 is 0 Å². The largest absolute Gasteiger partial charge is 0.310 e. The van der Waals surface area contributed by atoms with Gasteiger partial charge in [-0.2, -0.15) is 0 Å². The van der Waals surface area contributed by atoms with Crippen molar-refractivity contribution in [2.45, 2.75) is 111 Å². The lowest BCUT2D eigenvalue weighted by molar-refractivity contribution is -0.769. The maximum Gasteiger partial charge on any atom is 0.294 e. The predicted molar refractivity (Wildman–Crippen MR) is 125 cm³/mol. The standard InChI is InChI=1S/C27H45NO3/c1-18(2)7-6-8-19(3)23-11-12-24-22-10-9-20-17-21(31-28(29)30)13-15-26(20,4)25(22)14-16-27(23,24)5/h9,18-19,21-25H,6-8,10-17H2,1-5H3. The van der Waals surface area contributed by atoms with Crippen molar-refractivity contribution in [3.05, 3.63) is 21.8 Å². The van der Waals surface area contributed by atoms with E-state index in [1.165, 1.54) is 56.9 Å². The molecule has 0 saturated heterocycles. The van der Waals surface area contributed by atoms with Gasteiger partial charge in [0.05, 0.1) is 0 Å². The van der Waals surface area contributed by atoms with E-state index in [-0.39, 0.29) is 11.5 Å². The summed E-state index contributed by atoms with van der Waals surface area (Å²) in [7, 11) is 0. The molecule has 0 spiro atoms. The highest BCUT2D eigenvalue weighted by Crippen LogP contribution is 2.67. The summed E-state index contributed by atoms with van der Waals surface area (Å²) in [5, 5.41) is 10.3. The Hall–Kier alpha value is -1.06. The van der Waals surface area contributed by atoms with Crippen LogP contribution in [0, 0.1) is 56.5 Å². The van der Waals surface area contributed by atoms with E-state index < -0.39 is 5.09 Å². The first kappa shape index (κ1) is 23.1. The molecule has 0 aliphatic heterocycles. The lowest BCUT2D eigenvalue weighted by atomic mass is 9.47. The fourth-order valence-corrected chi connectivity index (χ4v) is 8.86. The maximum absolute atomic E-state index is 10.8. The maximum atomic E-state index is 10.8. The molecule has 0 bridgehead atoms. The van der Waals surface area contributed by atoms with E-state index >= 15 is 0 Å². The topological polar surface area (TPSA) is 52.4 Å². The lowest BCUT2D eigenvalue weighted by Gasteiger charge is -2.58. The summed E-state index contributed by atoms with van der Waals surface area (Å²) in [6, 6.07) is 0. The second kappa shape index (κ2) is 8.71. The van der Waals surface area contributed by atoms with Gasteiger partial charge < -0.3 is 4.84 Å². The number of allylic oxidation sites excluding steroid dienone is 1. The van der Waals surface area contributed by atoms with Gasteiger partial charge in [0, 0.05) is 0 Å². The van der Waals surface area contributed by atoms with Crippen LogP contribution in [0.4, 0.5) is 0 Å². The summed E-state index contributed by atoms with van der Waals surface area (Å²) in [6.45, 7) is 12.4. The Balaban J connectivity index is 1.47. The molecule has 4 aliphatic carbocycles. The van der Waals surface area contributed by atoms with Crippen molar-refractivity contribution in [1.29, 1.82) is 0 Å². The smallest absolute Gasteiger partial charge is 0.294 e. The molecule has 8 atom stereocenters. The zero-order valence-electron chi connectivity index (χ0n) is 20.6. The molecule has 4 rings (SSSR count). The van der Waals surface area contributed by atoms with Gasteiger partial charge in [-0.3, -0.25) is 0 Å². The normalized spacial score (nSPS) is 42.9. The van der Waals surface area contributed by atoms with Crippen molar-refractivity contribution in [2.24, 2.45) is 46.3 Å². The Morgan fingerprint density at radius 3 is 2.58 bits per heavy atom. The van der Waals surface area contributed by atoms with Gasteiger partial charge in [-0.15, -0.1) is 10.1 Å². The Bertz CT molecular complexity index is 703. The van der Waals surface area contributed by atoms with Crippen molar-refractivity contribution in [1.82, 2.24) is 0 Å². The molecule has 0 N–H and O–H groups in total. The molecule has 176 valence electrons. The van der Waals surface area contributed by atoms with E-state index in [4.69, 9.17) is 4.84 Å². The number of fused-ring (bicyclic) bond motifs is 5. The van der Waals surface area contributed by atoms with Gasteiger partial charge in [0.25, 0.3) is 5.09 Å². The van der Waals surface area contributed by atoms with Crippen LogP contribution in [0.15, 0.2) is 11.6 Å². The van der Waals surface area contributed by atoms with Gasteiger partial charge >= 0.3 is 0 Å². The summed E-state index contributed by atoms with van der Waals surface area (Å²) in [4.78, 5) is 15.8. The van der Waals surface area contributed by atoms with Crippen LogP contribution in [0.1, 0.15) is 105 Å². The molecule has 3 saturated carbocycles. The quantitative estimate of drug-likeness (QED) is 0.237. The molecule has 0 radical (unpaired) electrons. The molecular weight excluding hydrogens is 386 g/mol. The highest BCUT2D eigenvalue weighted by Gasteiger charge is 2.59. The molecule has 4 heteroatoms. The monoisotopic (exact) mass is 431 g/mol. The molecule has 4 nitrogen and oxygen atoms in total. The molecule has 0 amide bonds. The average molecular weight is 432 g/mol. The van der Waals surface area contributed by atoms with Gasteiger partial charge in [-0.25, -0.2) is 0 Å². The SMILES string of the molecule is CC(C)CCCC(C)C1CCC2C3CC=C4CC(O[N+](=O)[O-])CCC4(C)C3CCC12C. The third-order valence-electron chi connectivity index (χ3n) is 10.5. The van der Waals surface area contributed by atoms with Crippen molar-refractivity contribution in [3.8, 4) is 0 Å². The van der Waals surface area contributed by atoms with Crippen molar-refractivity contribution in [2.75, 3.05) is 0 Å². The van der Waals surface area contributed by atoms with E-state index in [0.29, 0.717) is 5.41 Å². The molecule has 0 aromatic heterocycles. The van der Waals surface area contributed by atoms with Crippen LogP contribution in [0.3, 0.4) is 0 Å². The fourth-order valence-electron chi connectivity index (χ4n) is 8.86. The van der Waals surface area contributed by atoms with Crippen molar-refractivity contribution in [3.63, 3.8) is 0 Å². The second-order valence-electron chi connectivity index (χ2n) is 12.5. The molecule has 31 heavy (non-hydrogen) atoms. The Morgan fingerprint density at radius 1 is 1.10 bits per heavy atom. The minimum absolute atomic E-state index is 0.234. The number of hydrogen-bond donors (Lipinski definition) is 0. The fraction of sp³-hybridized carbons (Fsp3) is 0.926. The van der Waals surface area contributed by atoms with Gasteiger partial charge in [0.15, 0.2) is 0 Å². The van der Waals surface area contributed by atoms with Crippen LogP contribution in [-0.2, 0) is 4.84 Å². The Kier molecular flexibility index (Phi) is 6.49. The summed E-state index contributed by atoms with van der Waals surface area (Å²) in [5.74, 6) is 5.01. The summed E-state index contributed by atoms with van der Waals surface area (Å²) in [5.41, 5.74) is 2.22. The molecule has 3 fully saturated rings. The van der Waals surface area contributed by atoms with Crippen LogP contribution >= 0.6 is 0 Å². The van der Waals surface area contributed by atoms with Gasteiger partial charge in [0.1, 0.15) is 6.10 Å². The summed E-state index contributed by atoms with van der Waals surface area (Å²) >= 11 is 0. The van der Waals surface area contributed by atoms with Crippen molar-refractivity contribution >= 4 is 0 Å². The third kappa shape index (κ3) is 4.17. The second-order valence-corrected chi connectivity index (χ2v) is 12.5. The molecular formula is C27H45NO3. The average Bonchev–Trinajstić information content (AvgIpc) is 3.05. The number of hydrogen-bond acceptors (Lipinski definition) is 3. The van der Waals surface area contributed by atoms with Crippen molar-refractivity contribution < 1.29 is 9.92 Å². The minimum atomic E-state index is -0.591. The highest BCUT2D eigenvalue weighted by atomic mass is 17.0. The number of rotatable bonds is 7. The molecule has 4 aliphatic rings. The van der Waals surface area contributed by atoms with Gasteiger partial charge in [-0.1, -0.05) is 65.5 Å². The van der Waals surface area contributed by atoms with Gasteiger partial charge in [0.2, 0.25) is 0 Å². The first-order valence-corrected chi connectivity index (χ1v) is 13.2. The molecule has 0 aromatic carbocycles. The minimum Gasteiger partial charge on any atom is -0.310 e.